The van der Waals surface area contributed by atoms with Crippen molar-refractivity contribution in [3.05, 3.63) is 28.7 Å². The SMILES string of the molecule is CCn1c(=O)oc2cc(O)ccc21. The van der Waals surface area contributed by atoms with Gasteiger partial charge >= 0.3 is 5.76 Å². The third-order valence-corrected chi connectivity index (χ3v) is 1.97. The summed E-state index contributed by atoms with van der Waals surface area (Å²) in [6.07, 6.45) is 0. The van der Waals surface area contributed by atoms with Gasteiger partial charge in [0, 0.05) is 12.6 Å². The minimum Gasteiger partial charge on any atom is -0.508 e. The zero-order valence-electron chi connectivity index (χ0n) is 7.15. The average Bonchev–Trinajstić information content (AvgIpc) is 2.39. The Morgan fingerprint density at radius 3 is 3.00 bits per heavy atom. The molecule has 2 aromatic rings. The molecule has 0 aliphatic heterocycles. The van der Waals surface area contributed by atoms with Crippen molar-refractivity contribution in [3.8, 4) is 5.75 Å². The van der Waals surface area contributed by atoms with Crippen molar-refractivity contribution in [2.75, 3.05) is 0 Å². The van der Waals surface area contributed by atoms with Crippen LogP contribution in [-0.4, -0.2) is 9.67 Å². The summed E-state index contributed by atoms with van der Waals surface area (Å²) < 4.78 is 6.43. The Morgan fingerprint density at radius 2 is 2.31 bits per heavy atom. The molecule has 0 radical (unpaired) electrons. The fraction of sp³-hybridized carbons (Fsp3) is 0.222. The molecule has 2 rings (SSSR count). The van der Waals surface area contributed by atoms with Crippen LogP contribution in [0.1, 0.15) is 6.92 Å². The van der Waals surface area contributed by atoms with Crippen LogP contribution in [0.3, 0.4) is 0 Å². The van der Waals surface area contributed by atoms with Crippen LogP contribution in [0.2, 0.25) is 0 Å². The van der Waals surface area contributed by atoms with Crippen molar-refractivity contribution in [2.24, 2.45) is 0 Å². The lowest BCUT2D eigenvalue weighted by molar-refractivity contribution is 0.472. The highest BCUT2D eigenvalue weighted by Gasteiger charge is 2.06. The number of fused-ring (bicyclic) bond motifs is 1. The minimum absolute atomic E-state index is 0.101. The summed E-state index contributed by atoms with van der Waals surface area (Å²) in [5.41, 5.74) is 1.14. The van der Waals surface area contributed by atoms with E-state index in [2.05, 4.69) is 0 Å². The highest BCUT2D eigenvalue weighted by molar-refractivity contribution is 5.74. The molecule has 0 bridgehead atoms. The number of phenolic OH excluding ortho intramolecular Hbond substituents is 1. The highest BCUT2D eigenvalue weighted by Crippen LogP contribution is 2.18. The summed E-state index contributed by atoms with van der Waals surface area (Å²) in [5.74, 6) is -0.285. The molecule has 4 nitrogen and oxygen atoms in total. The van der Waals surface area contributed by atoms with Crippen molar-refractivity contribution in [2.45, 2.75) is 13.5 Å². The average molecular weight is 179 g/mol. The van der Waals surface area contributed by atoms with Crippen molar-refractivity contribution in [3.63, 3.8) is 0 Å². The molecule has 4 heteroatoms. The van der Waals surface area contributed by atoms with E-state index in [1.54, 1.807) is 6.07 Å². The lowest BCUT2D eigenvalue weighted by atomic mass is 10.3. The molecule has 68 valence electrons. The van der Waals surface area contributed by atoms with E-state index in [9.17, 15) is 4.79 Å². The lowest BCUT2D eigenvalue weighted by Crippen LogP contribution is -2.11. The zero-order valence-corrected chi connectivity index (χ0v) is 7.15. The first-order valence-electron chi connectivity index (χ1n) is 4.04. The van der Waals surface area contributed by atoms with E-state index >= 15 is 0 Å². The van der Waals surface area contributed by atoms with Gasteiger partial charge in [-0.15, -0.1) is 0 Å². The molecule has 1 heterocycles. The summed E-state index contributed by atoms with van der Waals surface area (Å²) in [7, 11) is 0. The maximum atomic E-state index is 11.2. The molecule has 0 aliphatic rings. The van der Waals surface area contributed by atoms with Gasteiger partial charge in [0.1, 0.15) is 5.75 Å². The number of phenols is 1. The summed E-state index contributed by atoms with van der Waals surface area (Å²) in [5, 5.41) is 9.13. The third kappa shape index (κ3) is 1.11. The van der Waals surface area contributed by atoms with Gasteiger partial charge in [-0.05, 0) is 19.1 Å². The maximum absolute atomic E-state index is 11.2. The number of aryl methyl sites for hydroxylation is 1. The first kappa shape index (κ1) is 7.91. The van der Waals surface area contributed by atoms with Gasteiger partial charge in [-0.3, -0.25) is 4.57 Å². The van der Waals surface area contributed by atoms with Crippen LogP contribution in [-0.2, 0) is 6.54 Å². The van der Waals surface area contributed by atoms with Crippen molar-refractivity contribution < 1.29 is 9.52 Å². The van der Waals surface area contributed by atoms with E-state index in [1.165, 1.54) is 16.7 Å². The predicted octanol–water partition coefficient (Wildman–Crippen LogP) is 1.32. The number of aromatic hydroxyl groups is 1. The van der Waals surface area contributed by atoms with Crippen LogP contribution in [0.15, 0.2) is 27.4 Å². The van der Waals surface area contributed by atoms with E-state index in [1.807, 2.05) is 6.92 Å². The Morgan fingerprint density at radius 1 is 1.54 bits per heavy atom. The number of rotatable bonds is 1. The Kier molecular flexibility index (Phi) is 1.62. The molecular weight excluding hydrogens is 170 g/mol. The van der Waals surface area contributed by atoms with Crippen LogP contribution < -0.4 is 5.76 Å². The highest BCUT2D eigenvalue weighted by atomic mass is 16.4. The van der Waals surface area contributed by atoms with E-state index in [0.29, 0.717) is 17.6 Å². The summed E-state index contributed by atoms with van der Waals surface area (Å²) in [4.78, 5) is 11.2. The Hall–Kier alpha value is -1.71. The van der Waals surface area contributed by atoms with Crippen molar-refractivity contribution >= 4 is 11.1 Å². The van der Waals surface area contributed by atoms with Crippen LogP contribution in [0, 0.1) is 0 Å². The van der Waals surface area contributed by atoms with Gasteiger partial charge in [-0.25, -0.2) is 4.79 Å². The fourth-order valence-electron chi connectivity index (χ4n) is 1.35. The second-order valence-electron chi connectivity index (χ2n) is 2.76. The molecule has 0 saturated carbocycles. The molecule has 0 amide bonds. The molecule has 1 N–H and O–H groups in total. The quantitative estimate of drug-likeness (QED) is 0.718. The zero-order chi connectivity index (χ0) is 9.42. The minimum atomic E-state index is -0.386. The van der Waals surface area contributed by atoms with Gasteiger partial charge in [0.2, 0.25) is 0 Å². The van der Waals surface area contributed by atoms with Crippen molar-refractivity contribution in [1.82, 2.24) is 4.57 Å². The van der Waals surface area contributed by atoms with Crippen LogP contribution in [0.4, 0.5) is 0 Å². The summed E-state index contributed by atoms with van der Waals surface area (Å²) in [6.45, 7) is 2.43. The predicted molar refractivity (Wildman–Crippen MR) is 47.8 cm³/mol. The summed E-state index contributed by atoms with van der Waals surface area (Å²) in [6, 6.07) is 4.63. The molecule has 0 aliphatic carbocycles. The Labute approximate surface area is 74.0 Å². The molecule has 0 atom stereocenters. The molecule has 1 aromatic heterocycles. The van der Waals surface area contributed by atoms with Crippen LogP contribution >= 0.6 is 0 Å². The number of nitrogens with zero attached hydrogens (tertiary/aromatic N) is 1. The topological polar surface area (TPSA) is 55.4 Å². The van der Waals surface area contributed by atoms with Crippen molar-refractivity contribution in [1.29, 1.82) is 0 Å². The van der Waals surface area contributed by atoms with Crippen LogP contribution in [0.5, 0.6) is 5.75 Å². The third-order valence-electron chi connectivity index (χ3n) is 1.97. The number of benzene rings is 1. The second kappa shape index (κ2) is 2.65. The van der Waals surface area contributed by atoms with E-state index in [0.717, 1.165) is 0 Å². The molecule has 13 heavy (non-hydrogen) atoms. The van der Waals surface area contributed by atoms with Gasteiger partial charge in [0.05, 0.1) is 5.52 Å². The van der Waals surface area contributed by atoms with Crippen LogP contribution in [0.25, 0.3) is 11.1 Å². The summed E-state index contributed by atoms with van der Waals surface area (Å²) >= 11 is 0. The molecule has 0 saturated heterocycles. The largest absolute Gasteiger partial charge is 0.508 e. The number of aromatic nitrogens is 1. The Balaban J connectivity index is 2.87. The van der Waals surface area contributed by atoms with E-state index in [4.69, 9.17) is 9.52 Å². The van der Waals surface area contributed by atoms with Gasteiger partial charge in [-0.2, -0.15) is 0 Å². The first-order chi connectivity index (χ1) is 6.22. The lowest BCUT2D eigenvalue weighted by Gasteiger charge is -1.94. The Bertz CT molecular complexity index is 495. The molecule has 1 aromatic carbocycles. The molecule has 0 unspecified atom stereocenters. The van der Waals surface area contributed by atoms with E-state index < -0.39 is 0 Å². The standard InChI is InChI=1S/C9H9NO3/c1-2-10-7-4-3-6(11)5-8(7)13-9(10)12/h3-5,11H,2H2,1H3. The van der Waals surface area contributed by atoms with Gasteiger partial charge in [0.25, 0.3) is 0 Å². The smallest absolute Gasteiger partial charge is 0.419 e. The number of hydrogen-bond donors (Lipinski definition) is 1. The number of hydrogen-bond acceptors (Lipinski definition) is 3. The fourth-order valence-corrected chi connectivity index (χ4v) is 1.35. The molecular formula is C9H9NO3. The normalized spacial score (nSPS) is 10.8. The van der Waals surface area contributed by atoms with Gasteiger partial charge in [0.15, 0.2) is 5.58 Å². The molecule has 0 spiro atoms. The van der Waals surface area contributed by atoms with Gasteiger partial charge < -0.3 is 9.52 Å². The molecule has 0 fully saturated rings. The number of oxazole rings is 1. The van der Waals surface area contributed by atoms with Gasteiger partial charge in [-0.1, -0.05) is 0 Å². The first-order valence-corrected chi connectivity index (χ1v) is 4.04. The second-order valence-corrected chi connectivity index (χ2v) is 2.76. The maximum Gasteiger partial charge on any atom is 0.419 e. The van der Waals surface area contributed by atoms with E-state index in [-0.39, 0.29) is 11.5 Å². The monoisotopic (exact) mass is 179 g/mol.